The summed E-state index contributed by atoms with van der Waals surface area (Å²) in [5, 5.41) is 3.36. The van der Waals surface area contributed by atoms with Crippen molar-refractivity contribution in [1.29, 1.82) is 0 Å². The fraction of sp³-hybridized carbons (Fsp3) is 0.625. The van der Waals surface area contributed by atoms with Crippen LogP contribution in [0.15, 0.2) is 16.6 Å². The molecule has 3 nitrogen and oxygen atoms in total. The predicted molar refractivity (Wildman–Crippen MR) is 88.0 cm³/mol. The molecule has 114 valence electrons. The number of hydrogen-bond donors (Lipinski definition) is 1. The van der Waals surface area contributed by atoms with Gasteiger partial charge in [0.05, 0.1) is 14.2 Å². The van der Waals surface area contributed by atoms with Crippen LogP contribution in [0.25, 0.3) is 0 Å². The van der Waals surface area contributed by atoms with Gasteiger partial charge in [-0.2, -0.15) is 0 Å². The van der Waals surface area contributed by atoms with E-state index in [9.17, 15) is 0 Å². The molecule has 0 bridgehead atoms. The van der Waals surface area contributed by atoms with Crippen LogP contribution in [0, 0.1) is 0 Å². The molecular formula is C16H26BrNO2. The minimum atomic E-state index is 0.816. The lowest BCUT2D eigenvalue weighted by Gasteiger charge is -2.13. The van der Waals surface area contributed by atoms with E-state index in [1.54, 1.807) is 14.2 Å². The standard InChI is InChI=1S/C16H26BrNO2/c1-4-18-12-8-6-5-7-9-13-10-11-14(19-2)15(17)16(13)20-3/h10-11,18H,4-9,12H2,1-3H3. The minimum absolute atomic E-state index is 0.816. The molecule has 4 heteroatoms. The zero-order valence-electron chi connectivity index (χ0n) is 12.8. The van der Waals surface area contributed by atoms with Crippen LogP contribution >= 0.6 is 15.9 Å². The molecule has 0 unspecified atom stereocenters. The van der Waals surface area contributed by atoms with E-state index in [2.05, 4.69) is 34.2 Å². The molecule has 0 radical (unpaired) electrons. The van der Waals surface area contributed by atoms with Crippen molar-refractivity contribution in [2.45, 2.75) is 39.0 Å². The maximum Gasteiger partial charge on any atom is 0.139 e. The van der Waals surface area contributed by atoms with Crippen LogP contribution in [-0.2, 0) is 6.42 Å². The van der Waals surface area contributed by atoms with Crippen molar-refractivity contribution in [3.63, 3.8) is 0 Å². The van der Waals surface area contributed by atoms with Gasteiger partial charge in [-0.3, -0.25) is 0 Å². The van der Waals surface area contributed by atoms with Gasteiger partial charge in [-0.15, -0.1) is 0 Å². The smallest absolute Gasteiger partial charge is 0.139 e. The summed E-state index contributed by atoms with van der Waals surface area (Å²) in [6.07, 6.45) is 6.05. The second kappa shape index (κ2) is 10.1. The fourth-order valence-corrected chi connectivity index (χ4v) is 2.96. The Labute approximate surface area is 131 Å². The summed E-state index contributed by atoms with van der Waals surface area (Å²) < 4.78 is 11.7. The molecular weight excluding hydrogens is 318 g/mol. The summed E-state index contributed by atoms with van der Waals surface area (Å²) in [7, 11) is 3.38. The first kappa shape index (κ1) is 17.3. The molecule has 1 rings (SSSR count). The number of ether oxygens (including phenoxy) is 2. The molecule has 1 N–H and O–H groups in total. The maximum absolute atomic E-state index is 5.49. The summed E-state index contributed by atoms with van der Waals surface area (Å²) in [4.78, 5) is 0. The Morgan fingerprint density at radius 1 is 1.05 bits per heavy atom. The third-order valence-electron chi connectivity index (χ3n) is 3.37. The molecule has 0 aliphatic rings. The number of aryl methyl sites for hydroxylation is 1. The van der Waals surface area contributed by atoms with Gasteiger partial charge < -0.3 is 14.8 Å². The Morgan fingerprint density at radius 3 is 2.45 bits per heavy atom. The number of methoxy groups -OCH3 is 2. The van der Waals surface area contributed by atoms with E-state index in [4.69, 9.17) is 9.47 Å². The third-order valence-corrected chi connectivity index (χ3v) is 4.12. The van der Waals surface area contributed by atoms with E-state index in [1.807, 2.05) is 6.07 Å². The first-order chi connectivity index (χ1) is 9.74. The van der Waals surface area contributed by atoms with E-state index in [1.165, 1.54) is 31.2 Å². The van der Waals surface area contributed by atoms with Crippen LogP contribution in [0.4, 0.5) is 0 Å². The molecule has 0 amide bonds. The molecule has 1 aromatic carbocycles. The largest absolute Gasteiger partial charge is 0.495 e. The molecule has 0 fully saturated rings. The first-order valence-electron chi connectivity index (χ1n) is 7.34. The zero-order valence-corrected chi connectivity index (χ0v) is 14.4. The van der Waals surface area contributed by atoms with Gasteiger partial charge in [-0.1, -0.05) is 25.8 Å². The first-order valence-corrected chi connectivity index (χ1v) is 8.14. The molecule has 0 saturated carbocycles. The Kier molecular flexibility index (Phi) is 8.70. The Bertz CT molecular complexity index is 396. The van der Waals surface area contributed by atoms with Crippen molar-refractivity contribution >= 4 is 15.9 Å². The lowest BCUT2D eigenvalue weighted by Crippen LogP contribution is -2.13. The lowest BCUT2D eigenvalue weighted by atomic mass is 10.0. The van der Waals surface area contributed by atoms with Gasteiger partial charge in [0.15, 0.2) is 0 Å². The molecule has 0 aromatic heterocycles. The number of hydrogen-bond acceptors (Lipinski definition) is 3. The average molecular weight is 344 g/mol. The van der Waals surface area contributed by atoms with E-state index in [-0.39, 0.29) is 0 Å². The van der Waals surface area contributed by atoms with E-state index < -0.39 is 0 Å². The molecule has 0 saturated heterocycles. The Morgan fingerprint density at radius 2 is 1.80 bits per heavy atom. The second-order valence-electron chi connectivity index (χ2n) is 4.79. The average Bonchev–Trinajstić information content (AvgIpc) is 2.46. The second-order valence-corrected chi connectivity index (χ2v) is 5.58. The minimum Gasteiger partial charge on any atom is -0.495 e. The van der Waals surface area contributed by atoms with Gasteiger partial charge in [0.2, 0.25) is 0 Å². The molecule has 0 heterocycles. The number of unbranched alkanes of at least 4 members (excludes halogenated alkanes) is 3. The van der Waals surface area contributed by atoms with Crippen molar-refractivity contribution in [3.8, 4) is 11.5 Å². The van der Waals surface area contributed by atoms with E-state index in [0.717, 1.165) is 35.5 Å². The molecule has 0 aliphatic carbocycles. The summed E-state index contributed by atoms with van der Waals surface area (Å²) in [6, 6.07) is 4.09. The van der Waals surface area contributed by atoms with E-state index >= 15 is 0 Å². The highest BCUT2D eigenvalue weighted by molar-refractivity contribution is 9.10. The SMILES string of the molecule is CCNCCCCCCc1ccc(OC)c(Br)c1OC. The third kappa shape index (κ3) is 5.33. The highest BCUT2D eigenvalue weighted by atomic mass is 79.9. The van der Waals surface area contributed by atoms with Crippen molar-refractivity contribution in [2.24, 2.45) is 0 Å². The monoisotopic (exact) mass is 343 g/mol. The topological polar surface area (TPSA) is 30.5 Å². The lowest BCUT2D eigenvalue weighted by molar-refractivity contribution is 0.385. The van der Waals surface area contributed by atoms with Gasteiger partial charge in [0, 0.05) is 0 Å². The van der Waals surface area contributed by atoms with Crippen molar-refractivity contribution in [3.05, 3.63) is 22.2 Å². The van der Waals surface area contributed by atoms with Crippen molar-refractivity contribution in [1.82, 2.24) is 5.32 Å². The van der Waals surface area contributed by atoms with Crippen molar-refractivity contribution in [2.75, 3.05) is 27.3 Å². The van der Waals surface area contributed by atoms with Crippen LogP contribution < -0.4 is 14.8 Å². The molecule has 20 heavy (non-hydrogen) atoms. The van der Waals surface area contributed by atoms with Crippen LogP contribution in [0.3, 0.4) is 0 Å². The number of rotatable bonds is 10. The van der Waals surface area contributed by atoms with Gasteiger partial charge in [0.1, 0.15) is 16.0 Å². The van der Waals surface area contributed by atoms with Crippen LogP contribution in [0.5, 0.6) is 11.5 Å². The van der Waals surface area contributed by atoms with Gasteiger partial charge >= 0.3 is 0 Å². The maximum atomic E-state index is 5.49. The fourth-order valence-electron chi connectivity index (χ4n) is 2.25. The number of nitrogens with one attached hydrogen (secondary N) is 1. The highest BCUT2D eigenvalue weighted by Gasteiger charge is 2.12. The van der Waals surface area contributed by atoms with Gasteiger partial charge in [0.25, 0.3) is 0 Å². The molecule has 0 aliphatic heterocycles. The Hall–Kier alpha value is -0.740. The van der Waals surface area contributed by atoms with Crippen LogP contribution in [-0.4, -0.2) is 27.3 Å². The number of halogens is 1. The van der Waals surface area contributed by atoms with Crippen LogP contribution in [0.1, 0.15) is 38.2 Å². The molecule has 0 spiro atoms. The highest BCUT2D eigenvalue weighted by Crippen LogP contribution is 2.37. The van der Waals surface area contributed by atoms with E-state index in [0.29, 0.717) is 0 Å². The Balaban J connectivity index is 2.42. The van der Waals surface area contributed by atoms with Gasteiger partial charge in [-0.05, 0) is 59.9 Å². The zero-order chi connectivity index (χ0) is 14.8. The summed E-state index contributed by atoms with van der Waals surface area (Å²) in [5.41, 5.74) is 1.24. The summed E-state index contributed by atoms with van der Waals surface area (Å²) >= 11 is 3.55. The summed E-state index contributed by atoms with van der Waals surface area (Å²) in [5.74, 6) is 1.72. The van der Waals surface area contributed by atoms with Crippen molar-refractivity contribution < 1.29 is 9.47 Å². The summed E-state index contributed by atoms with van der Waals surface area (Å²) in [6.45, 7) is 4.35. The molecule has 0 atom stereocenters. The quantitative estimate of drug-likeness (QED) is 0.646. The van der Waals surface area contributed by atoms with Crippen LogP contribution in [0.2, 0.25) is 0 Å². The molecule has 1 aromatic rings. The predicted octanol–water partition coefficient (Wildman–Crippen LogP) is 4.18. The van der Waals surface area contributed by atoms with Gasteiger partial charge in [-0.25, -0.2) is 0 Å². The number of benzene rings is 1. The normalized spacial score (nSPS) is 10.6.